The summed E-state index contributed by atoms with van der Waals surface area (Å²) in [6.45, 7) is 3.03. The van der Waals surface area contributed by atoms with E-state index < -0.39 is 4.92 Å². The van der Waals surface area contributed by atoms with Crippen LogP contribution in [0.15, 0.2) is 48.5 Å². The molecule has 0 aliphatic carbocycles. The van der Waals surface area contributed by atoms with E-state index in [9.17, 15) is 24.1 Å². The van der Waals surface area contributed by atoms with Crippen LogP contribution in [0.5, 0.6) is 0 Å². The number of anilines is 1. The molecular weight excluding hydrogens is 391 g/mol. The highest BCUT2D eigenvalue weighted by atomic mass is 19.1. The molecule has 30 heavy (non-hydrogen) atoms. The van der Waals surface area contributed by atoms with E-state index >= 15 is 0 Å². The van der Waals surface area contributed by atoms with Crippen LogP contribution in [-0.4, -0.2) is 59.3 Å². The Morgan fingerprint density at radius 3 is 2.43 bits per heavy atom. The number of nitrogens with zero attached hydrogens (tertiary/aromatic N) is 3. The van der Waals surface area contributed by atoms with Crippen LogP contribution >= 0.6 is 0 Å². The van der Waals surface area contributed by atoms with Gasteiger partial charge in [0.25, 0.3) is 5.69 Å². The lowest BCUT2D eigenvalue weighted by Crippen LogP contribution is -2.49. The van der Waals surface area contributed by atoms with Gasteiger partial charge in [-0.1, -0.05) is 18.2 Å². The topological polar surface area (TPSA) is 95.8 Å². The highest BCUT2D eigenvalue weighted by molar-refractivity contribution is 5.91. The Balaban J connectivity index is 1.39. The first-order valence-electron chi connectivity index (χ1n) is 9.69. The van der Waals surface area contributed by atoms with E-state index in [0.717, 1.165) is 5.56 Å². The van der Waals surface area contributed by atoms with Gasteiger partial charge in [0.15, 0.2) is 0 Å². The molecule has 8 nitrogen and oxygen atoms in total. The Hall–Kier alpha value is -3.33. The van der Waals surface area contributed by atoms with Crippen molar-refractivity contribution in [3.63, 3.8) is 0 Å². The zero-order valence-electron chi connectivity index (χ0n) is 16.4. The highest BCUT2D eigenvalue weighted by Crippen LogP contribution is 2.17. The second-order valence-electron chi connectivity index (χ2n) is 7.13. The molecule has 9 heteroatoms. The molecule has 1 aliphatic rings. The van der Waals surface area contributed by atoms with E-state index in [4.69, 9.17) is 0 Å². The van der Waals surface area contributed by atoms with Crippen molar-refractivity contribution in [3.05, 3.63) is 70.0 Å². The summed E-state index contributed by atoms with van der Waals surface area (Å²) in [5, 5.41) is 13.5. The zero-order valence-corrected chi connectivity index (χ0v) is 16.4. The number of benzene rings is 2. The van der Waals surface area contributed by atoms with E-state index in [0.29, 0.717) is 38.4 Å². The number of hydrogen-bond acceptors (Lipinski definition) is 5. The van der Waals surface area contributed by atoms with E-state index in [2.05, 4.69) is 10.2 Å². The van der Waals surface area contributed by atoms with Crippen molar-refractivity contribution in [1.82, 2.24) is 9.80 Å². The predicted molar refractivity (Wildman–Crippen MR) is 109 cm³/mol. The van der Waals surface area contributed by atoms with Crippen LogP contribution < -0.4 is 5.32 Å². The minimum Gasteiger partial charge on any atom is -0.340 e. The lowest BCUT2D eigenvalue weighted by atomic mass is 10.1. The fourth-order valence-electron chi connectivity index (χ4n) is 3.29. The Morgan fingerprint density at radius 1 is 1.07 bits per heavy atom. The van der Waals surface area contributed by atoms with E-state index in [1.807, 2.05) is 0 Å². The standard InChI is InChI=1S/C21H23FN4O4/c22-17-6-4-16(5-7-17)14-21(28)25-12-10-24(11-13-25)9-8-20(27)23-18-2-1-3-19(15-18)26(29)30/h1-7,15H,8-14H2,(H,23,27). The summed E-state index contributed by atoms with van der Waals surface area (Å²) < 4.78 is 13.0. The first kappa shape index (κ1) is 21.4. The minimum absolute atomic E-state index is 0.00433. The average Bonchev–Trinajstić information content (AvgIpc) is 2.74. The van der Waals surface area contributed by atoms with Crippen molar-refractivity contribution in [2.75, 3.05) is 38.0 Å². The van der Waals surface area contributed by atoms with Crippen molar-refractivity contribution < 1.29 is 18.9 Å². The molecular formula is C21H23FN4O4. The number of nitrogens with one attached hydrogen (secondary N) is 1. The molecule has 3 rings (SSSR count). The Bertz CT molecular complexity index is 911. The van der Waals surface area contributed by atoms with Gasteiger partial charge in [-0.05, 0) is 23.8 Å². The number of non-ortho nitro benzene ring substituents is 1. The number of amides is 2. The molecule has 0 bridgehead atoms. The third-order valence-electron chi connectivity index (χ3n) is 4.99. The summed E-state index contributed by atoms with van der Waals surface area (Å²) in [7, 11) is 0. The molecule has 0 atom stereocenters. The molecule has 0 aromatic heterocycles. The van der Waals surface area contributed by atoms with Gasteiger partial charge in [0, 0.05) is 57.0 Å². The van der Waals surface area contributed by atoms with Gasteiger partial charge in [0.1, 0.15) is 5.82 Å². The molecule has 2 aromatic carbocycles. The number of nitro benzene ring substituents is 1. The fourth-order valence-corrected chi connectivity index (χ4v) is 3.29. The molecule has 0 saturated carbocycles. The average molecular weight is 414 g/mol. The predicted octanol–water partition coefficient (Wildman–Crippen LogP) is 2.45. The van der Waals surface area contributed by atoms with Gasteiger partial charge in [0.2, 0.25) is 11.8 Å². The number of carbonyl (C=O) groups excluding carboxylic acids is 2. The zero-order chi connectivity index (χ0) is 21.5. The Morgan fingerprint density at radius 2 is 1.77 bits per heavy atom. The maximum absolute atomic E-state index is 13.0. The number of rotatable bonds is 7. The maximum Gasteiger partial charge on any atom is 0.271 e. The summed E-state index contributed by atoms with van der Waals surface area (Å²) in [5.41, 5.74) is 1.10. The van der Waals surface area contributed by atoms with Crippen LogP contribution in [0.25, 0.3) is 0 Å². The second kappa shape index (κ2) is 9.93. The van der Waals surface area contributed by atoms with Crippen molar-refractivity contribution in [2.24, 2.45) is 0 Å². The van der Waals surface area contributed by atoms with Crippen molar-refractivity contribution in [3.8, 4) is 0 Å². The quantitative estimate of drug-likeness (QED) is 0.555. The first-order valence-corrected chi connectivity index (χ1v) is 9.69. The molecule has 0 unspecified atom stereocenters. The Labute approximate surface area is 173 Å². The number of hydrogen-bond donors (Lipinski definition) is 1. The van der Waals surface area contributed by atoms with Crippen LogP contribution in [-0.2, 0) is 16.0 Å². The van der Waals surface area contributed by atoms with Crippen LogP contribution in [0.4, 0.5) is 15.8 Å². The molecule has 158 valence electrons. The highest BCUT2D eigenvalue weighted by Gasteiger charge is 2.21. The van der Waals surface area contributed by atoms with E-state index in [1.165, 1.54) is 30.3 Å². The summed E-state index contributed by atoms with van der Waals surface area (Å²) in [6, 6.07) is 11.7. The number of piperazine rings is 1. The van der Waals surface area contributed by atoms with Gasteiger partial charge in [-0.25, -0.2) is 4.39 Å². The smallest absolute Gasteiger partial charge is 0.271 e. The molecule has 1 fully saturated rings. The number of nitro groups is 1. The second-order valence-corrected chi connectivity index (χ2v) is 7.13. The summed E-state index contributed by atoms with van der Waals surface area (Å²) in [5.74, 6) is -0.538. The first-order chi connectivity index (χ1) is 14.4. The third kappa shape index (κ3) is 6.08. The van der Waals surface area contributed by atoms with Gasteiger partial charge in [-0.2, -0.15) is 0 Å². The maximum atomic E-state index is 13.0. The van der Waals surface area contributed by atoms with Crippen LogP contribution in [0.1, 0.15) is 12.0 Å². The number of carbonyl (C=O) groups is 2. The fraction of sp³-hybridized carbons (Fsp3) is 0.333. The van der Waals surface area contributed by atoms with Crippen LogP contribution in [0.3, 0.4) is 0 Å². The van der Waals surface area contributed by atoms with Crippen molar-refractivity contribution >= 4 is 23.2 Å². The molecule has 1 N–H and O–H groups in total. The lowest BCUT2D eigenvalue weighted by Gasteiger charge is -2.34. The molecule has 2 amide bonds. The van der Waals surface area contributed by atoms with Gasteiger partial charge in [-0.3, -0.25) is 24.6 Å². The van der Waals surface area contributed by atoms with Crippen LogP contribution in [0.2, 0.25) is 0 Å². The lowest BCUT2D eigenvalue weighted by molar-refractivity contribution is -0.384. The minimum atomic E-state index is -0.507. The largest absolute Gasteiger partial charge is 0.340 e. The summed E-state index contributed by atoms with van der Waals surface area (Å²) >= 11 is 0. The molecule has 0 radical (unpaired) electrons. The van der Waals surface area contributed by atoms with Gasteiger partial charge >= 0.3 is 0 Å². The van der Waals surface area contributed by atoms with Crippen molar-refractivity contribution in [2.45, 2.75) is 12.8 Å². The summed E-state index contributed by atoms with van der Waals surface area (Å²) in [6.07, 6.45) is 0.498. The van der Waals surface area contributed by atoms with Gasteiger partial charge < -0.3 is 10.2 Å². The Kier molecular flexibility index (Phi) is 7.08. The molecule has 1 saturated heterocycles. The normalized spacial score (nSPS) is 14.4. The van der Waals surface area contributed by atoms with Crippen LogP contribution in [0, 0.1) is 15.9 Å². The van der Waals surface area contributed by atoms with Crippen molar-refractivity contribution in [1.29, 1.82) is 0 Å². The molecule has 1 heterocycles. The summed E-state index contributed by atoms with van der Waals surface area (Å²) in [4.78, 5) is 38.7. The third-order valence-corrected chi connectivity index (χ3v) is 4.99. The number of halogens is 1. The van der Waals surface area contributed by atoms with Gasteiger partial charge in [0.05, 0.1) is 11.3 Å². The van der Waals surface area contributed by atoms with E-state index in [1.54, 1.807) is 23.1 Å². The molecule has 1 aliphatic heterocycles. The molecule has 0 spiro atoms. The van der Waals surface area contributed by atoms with Gasteiger partial charge in [-0.15, -0.1) is 0 Å². The molecule has 2 aromatic rings. The monoisotopic (exact) mass is 414 g/mol. The SMILES string of the molecule is O=C(CCN1CCN(C(=O)Cc2ccc(F)cc2)CC1)Nc1cccc([N+](=O)[O-])c1. The van der Waals surface area contributed by atoms with E-state index in [-0.39, 0.29) is 36.2 Å².